The van der Waals surface area contributed by atoms with Gasteiger partial charge in [0.05, 0.1) is 13.2 Å². The minimum absolute atomic E-state index is 0.0204. The summed E-state index contributed by atoms with van der Waals surface area (Å²) in [5, 5.41) is 2.84. The van der Waals surface area contributed by atoms with E-state index in [1.807, 2.05) is 18.2 Å². The van der Waals surface area contributed by atoms with Crippen molar-refractivity contribution < 1.29 is 14.3 Å². The average molecular weight is 338 g/mol. The number of ether oxygens (including phenoxy) is 2. The van der Waals surface area contributed by atoms with Crippen LogP contribution in [0.2, 0.25) is 0 Å². The molecule has 2 aromatic carbocycles. The standard InChI is InChI=1S/C20H22N2O3/c23-20-17-2-1-3-19(18(17)12-21-20)25-14-16-6-4-15(5-7-16)13-22-8-10-24-11-9-22/h1-7H,8-14H2,(H,21,23). The van der Waals surface area contributed by atoms with E-state index in [1.165, 1.54) is 5.56 Å². The van der Waals surface area contributed by atoms with E-state index in [9.17, 15) is 4.79 Å². The fourth-order valence-corrected chi connectivity index (χ4v) is 3.28. The average Bonchev–Trinajstić information content (AvgIpc) is 3.04. The number of nitrogens with one attached hydrogen (secondary N) is 1. The van der Waals surface area contributed by atoms with Crippen LogP contribution in [-0.4, -0.2) is 37.1 Å². The summed E-state index contributed by atoms with van der Waals surface area (Å²) in [4.78, 5) is 14.1. The quantitative estimate of drug-likeness (QED) is 0.909. The first-order chi connectivity index (χ1) is 12.3. The van der Waals surface area contributed by atoms with Crippen molar-refractivity contribution >= 4 is 5.91 Å². The van der Waals surface area contributed by atoms with Crippen molar-refractivity contribution in [3.63, 3.8) is 0 Å². The van der Waals surface area contributed by atoms with Gasteiger partial charge in [-0.05, 0) is 23.3 Å². The Labute approximate surface area is 147 Å². The Balaban J connectivity index is 1.37. The lowest BCUT2D eigenvalue weighted by Crippen LogP contribution is -2.35. The fourth-order valence-electron chi connectivity index (χ4n) is 3.28. The molecule has 0 atom stereocenters. The van der Waals surface area contributed by atoms with Crippen LogP contribution < -0.4 is 10.1 Å². The van der Waals surface area contributed by atoms with Crippen molar-refractivity contribution in [3.05, 3.63) is 64.7 Å². The Kier molecular flexibility index (Phi) is 4.68. The first-order valence-corrected chi connectivity index (χ1v) is 8.70. The molecule has 2 aliphatic rings. The number of morpholine rings is 1. The van der Waals surface area contributed by atoms with E-state index in [2.05, 4.69) is 34.5 Å². The predicted molar refractivity (Wildman–Crippen MR) is 94.5 cm³/mol. The third-order valence-corrected chi connectivity index (χ3v) is 4.73. The number of fused-ring (bicyclic) bond motifs is 1. The molecule has 2 aromatic rings. The molecule has 4 rings (SSSR count). The SMILES string of the molecule is O=C1NCc2c(OCc3ccc(CN4CCOCC4)cc3)cccc21. The highest BCUT2D eigenvalue weighted by Crippen LogP contribution is 2.27. The van der Waals surface area contributed by atoms with Gasteiger partial charge in [0.25, 0.3) is 5.91 Å². The molecule has 5 nitrogen and oxygen atoms in total. The van der Waals surface area contributed by atoms with E-state index in [-0.39, 0.29) is 5.91 Å². The van der Waals surface area contributed by atoms with Crippen LogP contribution in [0, 0.1) is 0 Å². The highest BCUT2D eigenvalue weighted by atomic mass is 16.5. The van der Waals surface area contributed by atoms with Gasteiger partial charge in [0.2, 0.25) is 0 Å². The van der Waals surface area contributed by atoms with E-state index in [0.29, 0.717) is 13.2 Å². The fraction of sp³-hybridized carbons (Fsp3) is 0.350. The van der Waals surface area contributed by atoms with Crippen molar-refractivity contribution in [2.45, 2.75) is 19.7 Å². The number of carbonyl (C=O) groups excluding carboxylic acids is 1. The molecule has 0 saturated carbocycles. The number of nitrogens with zero attached hydrogens (tertiary/aromatic N) is 1. The summed E-state index contributed by atoms with van der Waals surface area (Å²) in [6.07, 6.45) is 0. The van der Waals surface area contributed by atoms with Gasteiger partial charge in [0.1, 0.15) is 12.4 Å². The lowest BCUT2D eigenvalue weighted by atomic mass is 10.1. The molecule has 1 N–H and O–H groups in total. The number of carbonyl (C=O) groups is 1. The topological polar surface area (TPSA) is 50.8 Å². The summed E-state index contributed by atoms with van der Waals surface area (Å²) in [6.45, 7) is 5.65. The summed E-state index contributed by atoms with van der Waals surface area (Å²) >= 11 is 0. The maximum atomic E-state index is 11.7. The number of amides is 1. The normalized spacial score (nSPS) is 17.2. The largest absolute Gasteiger partial charge is 0.489 e. The second-order valence-corrected chi connectivity index (χ2v) is 6.46. The summed E-state index contributed by atoms with van der Waals surface area (Å²) in [5.41, 5.74) is 4.11. The Morgan fingerprint density at radius 2 is 1.80 bits per heavy atom. The Morgan fingerprint density at radius 1 is 1.04 bits per heavy atom. The van der Waals surface area contributed by atoms with Crippen LogP contribution in [0.3, 0.4) is 0 Å². The third kappa shape index (κ3) is 3.67. The molecule has 2 heterocycles. The van der Waals surface area contributed by atoms with Gasteiger partial charge in [0.15, 0.2) is 0 Å². The highest BCUT2D eigenvalue weighted by molar-refractivity contribution is 5.99. The van der Waals surface area contributed by atoms with Crippen molar-refractivity contribution in [2.75, 3.05) is 26.3 Å². The van der Waals surface area contributed by atoms with E-state index >= 15 is 0 Å². The van der Waals surface area contributed by atoms with Gasteiger partial charge in [-0.15, -0.1) is 0 Å². The summed E-state index contributed by atoms with van der Waals surface area (Å²) < 4.78 is 11.3. The number of rotatable bonds is 5. The van der Waals surface area contributed by atoms with Crippen molar-refractivity contribution in [3.8, 4) is 5.75 Å². The van der Waals surface area contributed by atoms with Crippen molar-refractivity contribution in [1.82, 2.24) is 10.2 Å². The molecule has 5 heteroatoms. The van der Waals surface area contributed by atoms with Gasteiger partial charge in [0, 0.05) is 37.3 Å². The van der Waals surface area contributed by atoms with Crippen LogP contribution in [0.15, 0.2) is 42.5 Å². The zero-order chi connectivity index (χ0) is 17.1. The van der Waals surface area contributed by atoms with Crippen LogP contribution in [0.5, 0.6) is 5.75 Å². The lowest BCUT2D eigenvalue weighted by molar-refractivity contribution is 0.0342. The predicted octanol–water partition coefficient (Wildman–Crippen LogP) is 2.34. The van der Waals surface area contributed by atoms with Crippen molar-refractivity contribution in [2.24, 2.45) is 0 Å². The molecule has 0 radical (unpaired) electrons. The molecule has 0 aliphatic carbocycles. The molecule has 2 aliphatic heterocycles. The smallest absolute Gasteiger partial charge is 0.252 e. The van der Waals surface area contributed by atoms with Crippen LogP contribution in [0.1, 0.15) is 27.0 Å². The minimum atomic E-state index is -0.0204. The summed E-state index contributed by atoms with van der Waals surface area (Å²) in [7, 11) is 0. The molecular weight excluding hydrogens is 316 g/mol. The summed E-state index contributed by atoms with van der Waals surface area (Å²) in [6, 6.07) is 14.2. The molecule has 25 heavy (non-hydrogen) atoms. The molecule has 1 saturated heterocycles. The molecule has 0 spiro atoms. The first-order valence-electron chi connectivity index (χ1n) is 8.70. The second kappa shape index (κ2) is 7.25. The van der Waals surface area contributed by atoms with Gasteiger partial charge in [-0.3, -0.25) is 9.69 Å². The Bertz CT molecular complexity index is 752. The zero-order valence-electron chi connectivity index (χ0n) is 14.2. The summed E-state index contributed by atoms with van der Waals surface area (Å²) in [5.74, 6) is 0.765. The van der Waals surface area contributed by atoms with Crippen LogP contribution in [0.25, 0.3) is 0 Å². The van der Waals surface area contributed by atoms with E-state index in [0.717, 1.165) is 55.3 Å². The molecule has 0 unspecified atom stereocenters. The molecular formula is C20H22N2O3. The van der Waals surface area contributed by atoms with Gasteiger partial charge in [-0.1, -0.05) is 30.3 Å². The monoisotopic (exact) mass is 338 g/mol. The van der Waals surface area contributed by atoms with E-state index < -0.39 is 0 Å². The van der Waals surface area contributed by atoms with Gasteiger partial charge in [-0.2, -0.15) is 0 Å². The van der Waals surface area contributed by atoms with Crippen LogP contribution in [-0.2, 0) is 24.4 Å². The van der Waals surface area contributed by atoms with Crippen molar-refractivity contribution in [1.29, 1.82) is 0 Å². The number of hydrogen-bond donors (Lipinski definition) is 1. The van der Waals surface area contributed by atoms with Gasteiger partial charge < -0.3 is 14.8 Å². The molecule has 130 valence electrons. The zero-order valence-corrected chi connectivity index (χ0v) is 14.2. The van der Waals surface area contributed by atoms with Crippen LogP contribution >= 0.6 is 0 Å². The molecule has 1 amide bonds. The van der Waals surface area contributed by atoms with E-state index in [1.54, 1.807) is 0 Å². The van der Waals surface area contributed by atoms with Crippen LogP contribution in [0.4, 0.5) is 0 Å². The highest BCUT2D eigenvalue weighted by Gasteiger charge is 2.21. The Hall–Kier alpha value is -2.37. The second-order valence-electron chi connectivity index (χ2n) is 6.46. The lowest BCUT2D eigenvalue weighted by Gasteiger charge is -2.26. The van der Waals surface area contributed by atoms with E-state index in [4.69, 9.17) is 9.47 Å². The maximum Gasteiger partial charge on any atom is 0.252 e. The third-order valence-electron chi connectivity index (χ3n) is 4.73. The first kappa shape index (κ1) is 16.1. The van der Waals surface area contributed by atoms with Gasteiger partial charge >= 0.3 is 0 Å². The number of benzene rings is 2. The van der Waals surface area contributed by atoms with Gasteiger partial charge in [-0.25, -0.2) is 0 Å². The minimum Gasteiger partial charge on any atom is -0.489 e. The molecule has 0 bridgehead atoms. The Morgan fingerprint density at radius 3 is 2.60 bits per heavy atom. The maximum absolute atomic E-state index is 11.7. The molecule has 1 fully saturated rings. The number of hydrogen-bond acceptors (Lipinski definition) is 4. The molecule has 0 aromatic heterocycles.